The minimum Gasteiger partial charge on any atom is -0.480 e. The highest BCUT2D eigenvalue weighted by molar-refractivity contribution is 5.96. The Morgan fingerprint density at radius 1 is 1.00 bits per heavy atom. The lowest BCUT2D eigenvalue weighted by Crippen LogP contribution is -2.38. The lowest BCUT2D eigenvalue weighted by atomic mass is 10.1. The second kappa shape index (κ2) is 9.51. The number of aliphatic carboxylic acids is 2. The van der Waals surface area contributed by atoms with Crippen molar-refractivity contribution in [1.82, 2.24) is 5.32 Å². The van der Waals surface area contributed by atoms with E-state index >= 15 is 0 Å². The van der Waals surface area contributed by atoms with E-state index in [4.69, 9.17) is 15.9 Å². The number of benzene rings is 1. The van der Waals surface area contributed by atoms with Crippen LogP contribution in [0.15, 0.2) is 30.3 Å². The van der Waals surface area contributed by atoms with E-state index in [0.717, 1.165) is 0 Å². The van der Waals surface area contributed by atoms with Gasteiger partial charge in [0.1, 0.15) is 12.1 Å². The summed E-state index contributed by atoms with van der Waals surface area (Å²) in [4.78, 5) is 31.9. The topological polar surface area (TPSA) is 130 Å². The Balaban J connectivity index is 0.000000472. The quantitative estimate of drug-likeness (QED) is 0.640. The number of rotatable bonds is 5. The van der Waals surface area contributed by atoms with Crippen LogP contribution in [0.4, 0.5) is 0 Å². The van der Waals surface area contributed by atoms with E-state index in [1.807, 2.05) is 0 Å². The predicted octanol–water partition coefficient (Wildman–Crippen LogP) is 0.944. The molecule has 0 aliphatic carbocycles. The van der Waals surface area contributed by atoms with Crippen LogP contribution in [0.25, 0.3) is 0 Å². The summed E-state index contributed by atoms with van der Waals surface area (Å²) in [6.07, 6.45) is 0. The van der Waals surface area contributed by atoms with Crippen LogP contribution in [0.1, 0.15) is 31.1 Å². The average molecular weight is 310 g/mol. The van der Waals surface area contributed by atoms with Crippen LogP contribution >= 0.6 is 0 Å². The molecule has 122 valence electrons. The van der Waals surface area contributed by atoms with Gasteiger partial charge in [0.15, 0.2) is 0 Å². The molecule has 1 aromatic rings. The summed E-state index contributed by atoms with van der Waals surface area (Å²) in [6, 6.07) is 6.91. The van der Waals surface area contributed by atoms with Gasteiger partial charge in [0.25, 0.3) is 5.91 Å². The summed E-state index contributed by atoms with van der Waals surface area (Å²) in [5, 5.41) is 19.1. The number of nitrogens with one attached hydrogen (secondary N) is 1. The first kappa shape index (κ1) is 19.6. The number of carbonyl (C=O) groups excluding carboxylic acids is 1. The number of carboxylic acids is 2. The van der Waals surface area contributed by atoms with Gasteiger partial charge < -0.3 is 21.3 Å². The van der Waals surface area contributed by atoms with Crippen molar-refractivity contribution in [3.05, 3.63) is 35.9 Å². The van der Waals surface area contributed by atoms with Gasteiger partial charge in [0, 0.05) is 5.56 Å². The van der Waals surface area contributed by atoms with E-state index in [1.165, 1.54) is 6.92 Å². The molecule has 0 fully saturated rings. The van der Waals surface area contributed by atoms with Gasteiger partial charge in [0.2, 0.25) is 0 Å². The van der Waals surface area contributed by atoms with Gasteiger partial charge in [0.05, 0.1) is 0 Å². The monoisotopic (exact) mass is 310 g/mol. The van der Waals surface area contributed by atoms with E-state index in [0.29, 0.717) is 5.56 Å². The molecule has 2 unspecified atom stereocenters. The molecule has 1 aromatic carbocycles. The molecule has 0 aromatic heterocycles. The number of nitrogens with two attached hydrogens (primary N) is 1. The van der Waals surface area contributed by atoms with Crippen molar-refractivity contribution >= 4 is 17.8 Å². The van der Waals surface area contributed by atoms with Crippen LogP contribution in [0.5, 0.6) is 0 Å². The summed E-state index contributed by atoms with van der Waals surface area (Å²) in [6.45, 7) is 4.97. The summed E-state index contributed by atoms with van der Waals surface area (Å²) in [5.41, 5.74) is 5.62. The molecule has 0 saturated heterocycles. The standard InChI is InChI=1S/C10H11NO3.C5H11NO2/c1-7(10(13)14)11-9(12)8-5-3-2-4-6-8;1-3(2)4(6)5(7)8/h2-7H,1H3,(H,11,12)(H,13,14);3-4H,6H2,1-2H3,(H,7,8). The molecule has 1 amide bonds. The fourth-order valence-corrected chi connectivity index (χ4v) is 1.22. The van der Waals surface area contributed by atoms with Gasteiger partial charge in [-0.2, -0.15) is 0 Å². The Labute approximate surface area is 129 Å². The number of carboxylic acid groups (broad SMARTS) is 2. The lowest BCUT2D eigenvalue weighted by molar-refractivity contribution is -0.140. The number of amides is 1. The zero-order valence-corrected chi connectivity index (χ0v) is 12.8. The molecule has 7 heteroatoms. The van der Waals surface area contributed by atoms with Crippen LogP contribution < -0.4 is 11.1 Å². The highest BCUT2D eigenvalue weighted by atomic mass is 16.4. The van der Waals surface area contributed by atoms with Gasteiger partial charge in [-0.25, -0.2) is 0 Å². The minimum atomic E-state index is -1.05. The summed E-state index contributed by atoms with van der Waals surface area (Å²) < 4.78 is 0. The van der Waals surface area contributed by atoms with Crippen LogP contribution in [0, 0.1) is 5.92 Å². The van der Waals surface area contributed by atoms with Crippen molar-refractivity contribution in [2.75, 3.05) is 0 Å². The molecule has 0 aliphatic heterocycles. The van der Waals surface area contributed by atoms with Crippen molar-refractivity contribution in [2.24, 2.45) is 11.7 Å². The highest BCUT2D eigenvalue weighted by Gasteiger charge is 2.15. The molecule has 5 N–H and O–H groups in total. The average Bonchev–Trinajstić information content (AvgIpc) is 2.47. The first-order valence-corrected chi connectivity index (χ1v) is 6.74. The van der Waals surface area contributed by atoms with E-state index in [1.54, 1.807) is 44.2 Å². The zero-order valence-electron chi connectivity index (χ0n) is 12.8. The lowest BCUT2D eigenvalue weighted by Gasteiger charge is -2.08. The third-order valence-electron chi connectivity index (χ3n) is 2.76. The Morgan fingerprint density at radius 3 is 1.82 bits per heavy atom. The molecule has 7 nitrogen and oxygen atoms in total. The van der Waals surface area contributed by atoms with Gasteiger partial charge >= 0.3 is 11.9 Å². The van der Waals surface area contributed by atoms with E-state index < -0.39 is 24.0 Å². The van der Waals surface area contributed by atoms with Crippen molar-refractivity contribution in [3.8, 4) is 0 Å². The fraction of sp³-hybridized carbons (Fsp3) is 0.400. The van der Waals surface area contributed by atoms with E-state index in [9.17, 15) is 14.4 Å². The van der Waals surface area contributed by atoms with Gasteiger partial charge in [-0.3, -0.25) is 14.4 Å². The normalized spacial score (nSPS) is 12.6. The number of hydrogen-bond donors (Lipinski definition) is 4. The molecule has 0 heterocycles. The third kappa shape index (κ3) is 7.39. The van der Waals surface area contributed by atoms with Crippen LogP contribution in [0.3, 0.4) is 0 Å². The maximum Gasteiger partial charge on any atom is 0.325 e. The van der Waals surface area contributed by atoms with E-state index in [-0.39, 0.29) is 11.8 Å². The van der Waals surface area contributed by atoms with Gasteiger partial charge in [-0.05, 0) is 25.0 Å². The van der Waals surface area contributed by atoms with Crippen LogP contribution in [-0.2, 0) is 9.59 Å². The Morgan fingerprint density at radius 2 is 1.50 bits per heavy atom. The van der Waals surface area contributed by atoms with Crippen LogP contribution in [0.2, 0.25) is 0 Å². The Bertz CT molecular complexity index is 502. The first-order valence-electron chi connectivity index (χ1n) is 6.74. The summed E-state index contributed by atoms with van der Waals surface area (Å²) in [7, 11) is 0. The smallest absolute Gasteiger partial charge is 0.325 e. The summed E-state index contributed by atoms with van der Waals surface area (Å²) in [5.74, 6) is -2.33. The maximum atomic E-state index is 11.4. The molecule has 0 bridgehead atoms. The van der Waals surface area contributed by atoms with Crippen molar-refractivity contribution in [3.63, 3.8) is 0 Å². The van der Waals surface area contributed by atoms with Crippen molar-refractivity contribution < 1.29 is 24.6 Å². The molecule has 0 radical (unpaired) electrons. The van der Waals surface area contributed by atoms with Gasteiger partial charge in [-0.15, -0.1) is 0 Å². The molecule has 0 aliphatic rings. The molecule has 22 heavy (non-hydrogen) atoms. The van der Waals surface area contributed by atoms with Gasteiger partial charge in [-0.1, -0.05) is 32.0 Å². The van der Waals surface area contributed by atoms with Crippen molar-refractivity contribution in [2.45, 2.75) is 32.9 Å². The predicted molar refractivity (Wildman–Crippen MR) is 81.5 cm³/mol. The summed E-state index contributed by atoms with van der Waals surface area (Å²) >= 11 is 0. The molecule has 0 spiro atoms. The molecule has 0 saturated carbocycles. The second-order valence-electron chi connectivity index (χ2n) is 5.01. The molecule has 1 rings (SSSR count). The van der Waals surface area contributed by atoms with Crippen molar-refractivity contribution in [1.29, 1.82) is 0 Å². The Kier molecular flexibility index (Phi) is 8.47. The number of hydrogen-bond acceptors (Lipinski definition) is 4. The van der Waals surface area contributed by atoms with Crippen LogP contribution in [-0.4, -0.2) is 40.1 Å². The minimum absolute atomic E-state index is 0.0208. The Hall–Kier alpha value is -2.41. The third-order valence-corrected chi connectivity index (χ3v) is 2.76. The fourth-order valence-electron chi connectivity index (χ4n) is 1.22. The SMILES string of the molecule is CC(C)C(N)C(=O)O.CC(NC(=O)c1ccccc1)C(=O)O. The second-order valence-corrected chi connectivity index (χ2v) is 5.01. The van der Waals surface area contributed by atoms with E-state index in [2.05, 4.69) is 5.32 Å². The first-order chi connectivity index (χ1) is 10.2. The molecular weight excluding hydrogens is 288 g/mol. The zero-order chi connectivity index (χ0) is 17.3. The largest absolute Gasteiger partial charge is 0.480 e. The highest BCUT2D eigenvalue weighted by Crippen LogP contribution is 1.98. The molecular formula is C15H22N2O5. The molecule has 2 atom stereocenters. The maximum absolute atomic E-state index is 11.4. The number of carbonyl (C=O) groups is 3.